The number of nitro groups is 2. The Bertz CT molecular complexity index is 465. The number of halogens is 3. The molecule has 0 saturated heterocycles. The van der Waals surface area contributed by atoms with Gasteiger partial charge in [0.25, 0.3) is 0 Å². The summed E-state index contributed by atoms with van der Waals surface area (Å²) < 4.78 is -0.0431. The zero-order valence-corrected chi connectivity index (χ0v) is 10.4. The van der Waals surface area contributed by atoms with E-state index >= 15 is 0 Å². The topological polar surface area (TPSA) is 86.3 Å². The highest BCUT2D eigenvalue weighted by atomic mass is 127. The van der Waals surface area contributed by atoms with Crippen LogP contribution < -0.4 is 0 Å². The second kappa shape index (κ2) is 4.45. The first kappa shape index (κ1) is 12.4. The third-order valence-electron chi connectivity index (χ3n) is 1.50. The maximum Gasteiger partial charge on any atom is 0.360 e. The molecule has 6 nitrogen and oxygen atoms in total. The molecule has 0 saturated carbocycles. The summed E-state index contributed by atoms with van der Waals surface area (Å²) in [4.78, 5) is 19.4. The summed E-state index contributed by atoms with van der Waals surface area (Å²) in [6, 6.07) is 0.865. The summed E-state index contributed by atoms with van der Waals surface area (Å²) in [6.07, 6.45) is 0. The van der Waals surface area contributed by atoms with Gasteiger partial charge in [-0.3, -0.25) is 20.2 Å². The Labute approximate surface area is 107 Å². The van der Waals surface area contributed by atoms with Crippen molar-refractivity contribution in [3.05, 3.63) is 39.9 Å². The minimum absolute atomic E-state index is 0.0431. The maximum atomic E-state index is 10.6. The van der Waals surface area contributed by atoms with Gasteiger partial charge >= 0.3 is 11.4 Å². The van der Waals surface area contributed by atoms with Gasteiger partial charge < -0.3 is 0 Å². The van der Waals surface area contributed by atoms with E-state index in [1.807, 2.05) is 0 Å². The Morgan fingerprint density at radius 1 is 1.20 bits per heavy atom. The number of nitrogens with zero attached hydrogens (tertiary/aromatic N) is 2. The monoisotopic (exact) mass is 362 g/mol. The molecule has 1 aromatic carbocycles. The van der Waals surface area contributed by atoms with E-state index in [1.54, 1.807) is 22.6 Å². The smallest absolute Gasteiger partial charge is 0.258 e. The van der Waals surface area contributed by atoms with Crippen LogP contribution >= 0.6 is 45.8 Å². The summed E-state index contributed by atoms with van der Waals surface area (Å²) in [5.74, 6) is 0. The standard InChI is InChI=1S/C6HCl2IN2O4/c7-2-1-3(10(12)13)6(11(14)15)5(9)4(2)8/h1H. The molecule has 1 rings (SSSR count). The highest BCUT2D eigenvalue weighted by molar-refractivity contribution is 14.1. The average Bonchev–Trinajstić information content (AvgIpc) is 2.12. The van der Waals surface area contributed by atoms with E-state index in [-0.39, 0.29) is 13.6 Å². The largest absolute Gasteiger partial charge is 0.360 e. The third kappa shape index (κ3) is 2.29. The number of hydrogen-bond donors (Lipinski definition) is 0. The first-order valence-electron chi connectivity index (χ1n) is 3.32. The van der Waals surface area contributed by atoms with Crippen LogP contribution in [0.5, 0.6) is 0 Å². The Balaban J connectivity index is 3.65. The molecule has 0 radical (unpaired) electrons. The number of hydrogen-bond acceptors (Lipinski definition) is 4. The molecule has 0 aliphatic carbocycles. The van der Waals surface area contributed by atoms with Gasteiger partial charge in [0.05, 0.1) is 19.9 Å². The van der Waals surface area contributed by atoms with Gasteiger partial charge in [-0.2, -0.15) is 0 Å². The van der Waals surface area contributed by atoms with Gasteiger partial charge in [0.1, 0.15) is 3.57 Å². The minimum atomic E-state index is -0.873. The van der Waals surface area contributed by atoms with E-state index in [0.29, 0.717) is 0 Å². The molecule has 15 heavy (non-hydrogen) atoms. The number of rotatable bonds is 2. The van der Waals surface area contributed by atoms with E-state index in [4.69, 9.17) is 23.2 Å². The van der Waals surface area contributed by atoms with Gasteiger partial charge in [-0.1, -0.05) is 23.2 Å². The van der Waals surface area contributed by atoms with Crippen LogP contribution in [0.3, 0.4) is 0 Å². The first-order valence-corrected chi connectivity index (χ1v) is 5.16. The van der Waals surface area contributed by atoms with Crippen molar-refractivity contribution in [3.8, 4) is 0 Å². The van der Waals surface area contributed by atoms with E-state index < -0.39 is 21.2 Å². The molecule has 0 unspecified atom stereocenters. The minimum Gasteiger partial charge on any atom is -0.258 e. The van der Waals surface area contributed by atoms with Crippen LogP contribution in [0.1, 0.15) is 0 Å². The van der Waals surface area contributed by atoms with Crippen molar-refractivity contribution in [1.29, 1.82) is 0 Å². The Hall–Kier alpha value is -0.670. The van der Waals surface area contributed by atoms with Crippen LogP contribution in [0, 0.1) is 23.8 Å². The van der Waals surface area contributed by atoms with Gasteiger partial charge in [-0.25, -0.2) is 0 Å². The van der Waals surface area contributed by atoms with Crippen molar-refractivity contribution < 1.29 is 9.85 Å². The van der Waals surface area contributed by atoms with Gasteiger partial charge in [-0.05, 0) is 22.6 Å². The molecule has 80 valence electrons. The molecule has 0 heterocycles. The Morgan fingerprint density at radius 3 is 2.13 bits per heavy atom. The van der Waals surface area contributed by atoms with Gasteiger partial charge in [-0.15, -0.1) is 0 Å². The van der Waals surface area contributed by atoms with Crippen molar-refractivity contribution in [3.63, 3.8) is 0 Å². The second-order valence-electron chi connectivity index (χ2n) is 2.37. The zero-order valence-electron chi connectivity index (χ0n) is 6.74. The predicted octanol–water partition coefficient (Wildman–Crippen LogP) is 3.41. The van der Waals surface area contributed by atoms with Gasteiger partial charge in [0.2, 0.25) is 0 Å². The van der Waals surface area contributed by atoms with Crippen LogP contribution in [0.25, 0.3) is 0 Å². The average molecular weight is 363 g/mol. The molecule has 0 N–H and O–H groups in total. The van der Waals surface area contributed by atoms with E-state index in [2.05, 4.69) is 0 Å². The summed E-state index contributed by atoms with van der Waals surface area (Å²) >= 11 is 12.8. The Morgan fingerprint density at radius 2 is 1.73 bits per heavy atom. The molecule has 0 atom stereocenters. The van der Waals surface area contributed by atoms with Crippen molar-refractivity contribution in [1.82, 2.24) is 0 Å². The van der Waals surface area contributed by atoms with E-state index in [1.165, 1.54) is 0 Å². The third-order valence-corrected chi connectivity index (χ3v) is 3.65. The molecular weight excluding hydrogens is 362 g/mol. The molecule has 0 aliphatic heterocycles. The van der Waals surface area contributed by atoms with Gasteiger partial charge in [0.15, 0.2) is 0 Å². The lowest BCUT2D eigenvalue weighted by atomic mass is 10.3. The van der Waals surface area contributed by atoms with Crippen molar-refractivity contribution in [2.24, 2.45) is 0 Å². The lowest BCUT2D eigenvalue weighted by molar-refractivity contribution is -0.423. The zero-order chi connectivity index (χ0) is 11.7. The maximum absolute atomic E-state index is 10.6. The summed E-state index contributed by atoms with van der Waals surface area (Å²) in [6.45, 7) is 0. The molecule has 1 aromatic rings. The molecule has 9 heteroatoms. The molecule has 0 aliphatic rings. The predicted molar refractivity (Wildman–Crippen MR) is 62.5 cm³/mol. The quantitative estimate of drug-likeness (QED) is 0.349. The van der Waals surface area contributed by atoms with Crippen LogP contribution in [-0.2, 0) is 0 Å². The molecular formula is C6HCl2IN2O4. The summed E-state index contributed by atoms with van der Waals surface area (Å²) in [5, 5.41) is 21.0. The van der Waals surface area contributed by atoms with Crippen LogP contribution in [0.15, 0.2) is 6.07 Å². The fourth-order valence-corrected chi connectivity index (χ4v) is 2.15. The fraction of sp³-hybridized carbons (Fsp3) is 0. The molecule has 0 aromatic heterocycles. The fourth-order valence-electron chi connectivity index (χ4n) is 0.886. The van der Waals surface area contributed by atoms with Crippen molar-refractivity contribution >= 4 is 57.2 Å². The normalized spacial score (nSPS) is 10.1. The Kier molecular flexibility index (Phi) is 3.68. The lowest BCUT2D eigenvalue weighted by Gasteiger charge is -2.01. The first-order chi connectivity index (χ1) is 6.86. The number of nitro benzene ring substituents is 2. The van der Waals surface area contributed by atoms with Crippen molar-refractivity contribution in [2.45, 2.75) is 0 Å². The molecule has 0 bridgehead atoms. The molecule has 0 amide bonds. The van der Waals surface area contributed by atoms with Crippen molar-refractivity contribution in [2.75, 3.05) is 0 Å². The summed E-state index contributed by atoms with van der Waals surface area (Å²) in [5.41, 5.74) is -1.31. The van der Waals surface area contributed by atoms with Crippen LogP contribution in [0.2, 0.25) is 10.0 Å². The van der Waals surface area contributed by atoms with Gasteiger partial charge in [0, 0.05) is 6.07 Å². The van der Waals surface area contributed by atoms with E-state index in [0.717, 1.165) is 6.07 Å². The van der Waals surface area contributed by atoms with Crippen LogP contribution in [0.4, 0.5) is 11.4 Å². The van der Waals surface area contributed by atoms with Crippen LogP contribution in [-0.4, -0.2) is 9.85 Å². The summed E-state index contributed by atoms with van der Waals surface area (Å²) in [7, 11) is 0. The number of benzene rings is 1. The molecule has 0 fully saturated rings. The van der Waals surface area contributed by atoms with E-state index in [9.17, 15) is 20.2 Å². The SMILES string of the molecule is O=[N+]([O-])c1cc(Cl)c(Cl)c(I)c1[N+](=O)[O-]. The second-order valence-corrected chi connectivity index (χ2v) is 4.23. The highest BCUT2D eigenvalue weighted by Gasteiger charge is 2.31. The highest BCUT2D eigenvalue weighted by Crippen LogP contribution is 2.40. The molecule has 0 spiro atoms. The lowest BCUT2D eigenvalue weighted by Crippen LogP contribution is -1.99.